The van der Waals surface area contributed by atoms with Crippen molar-refractivity contribution >= 4 is 75.0 Å². The predicted octanol–water partition coefficient (Wildman–Crippen LogP) is 5.28. The van der Waals surface area contributed by atoms with E-state index in [1.165, 1.54) is 47.0 Å². The summed E-state index contributed by atoms with van der Waals surface area (Å²) in [5, 5.41) is 24.3. The SMILES string of the molecule is C[C@@H](O)[C@H]1C(=O)N(C(C(=O)OCc2ccc([N+](=O)[O-])cc2)=P(c2ccccc2)(c2ccccc2)c2ccccc2)[C@@H]1[C@@H](C)C(=O)C1Sc2c(-c3cccnc3)ncn2C1=C=O. The average molecular weight is 852 g/mol. The molecule has 5 atom stereocenters. The number of nitro benzene ring substituents is 1. The van der Waals surface area contributed by atoms with Gasteiger partial charge in [0.25, 0.3) is 5.69 Å². The Morgan fingerprint density at radius 1 is 0.902 bits per heavy atom. The van der Waals surface area contributed by atoms with Crippen molar-refractivity contribution in [2.75, 3.05) is 0 Å². The van der Waals surface area contributed by atoms with Crippen LogP contribution in [0.25, 0.3) is 17.0 Å². The number of aliphatic hydroxyl groups excluding tert-OH is 1. The maximum atomic E-state index is 15.3. The summed E-state index contributed by atoms with van der Waals surface area (Å²) < 4.78 is 7.67. The lowest BCUT2D eigenvalue weighted by Crippen LogP contribution is -2.71. The molecular weight excluding hydrogens is 814 g/mol. The summed E-state index contributed by atoms with van der Waals surface area (Å²) in [4.78, 5) is 78.7. The molecule has 1 saturated heterocycles. The van der Waals surface area contributed by atoms with Gasteiger partial charge in [-0.1, -0.05) is 110 Å². The minimum absolute atomic E-state index is 0.0101. The number of pyridine rings is 1. The van der Waals surface area contributed by atoms with Gasteiger partial charge in [0, 0.05) is 42.9 Å². The highest BCUT2D eigenvalue weighted by molar-refractivity contribution is 8.01. The summed E-state index contributed by atoms with van der Waals surface area (Å²) in [5.74, 6) is -2.03. The van der Waals surface area contributed by atoms with Gasteiger partial charge in [-0.05, 0) is 52.7 Å². The number of thioether (sulfide) groups is 1. The number of non-ortho nitro benzene ring substituents is 1. The number of nitrogens with zero attached hydrogens (tertiary/aromatic N) is 5. The van der Waals surface area contributed by atoms with E-state index in [-0.39, 0.29) is 23.4 Å². The summed E-state index contributed by atoms with van der Waals surface area (Å²) >= 11 is 1.14. The number of imidazole rings is 1. The molecule has 2 aliphatic rings. The molecule has 13 nitrogen and oxygen atoms in total. The fraction of sp³-hybridized carbons (Fsp3) is 0.174. The molecule has 0 aliphatic carbocycles. The number of Topliss-reactive ketones (excluding diaryl/α,β-unsaturated/α-hetero) is 1. The number of ketones is 1. The number of nitro groups is 1. The Labute approximate surface area is 354 Å². The zero-order valence-corrected chi connectivity index (χ0v) is 34.6. The molecule has 15 heteroatoms. The number of esters is 1. The predicted molar refractivity (Wildman–Crippen MR) is 234 cm³/mol. The number of aliphatic hydroxyl groups is 1. The first-order valence-corrected chi connectivity index (χ1v) is 22.0. The monoisotopic (exact) mass is 851 g/mol. The van der Waals surface area contributed by atoms with Crippen molar-refractivity contribution in [3.05, 3.63) is 162 Å². The van der Waals surface area contributed by atoms with Crippen LogP contribution in [-0.2, 0) is 30.5 Å². The van der Waals surface area contributed by atoms with E-state index in [0.717, 1.165) is 11.8 Å². The molecule has 61 heavy (non-hydrogen) atoms. The highest BCUT2D eigenvalue weighted by atomic mass is 32.2. The first-order chi connectivity index (χ1) is 29.6. The van der Waals surface area contributed by atoms with Gasteiger partial charge in [0.2, 0.25) is 5.91 Å². The minimum atomic E-state index is -3.43. The number of amides is 1. The largest absolute Gasteiger partial charge is 0.456 e. The molecule has 1 N–H and O–H groups in total. The molecule has 8 rings (SSSR count). The van der Waals surface area contributed by atoms with Crippen molar-refractivity contribution in [3.8, 4) is 11.3 Å². The van der Waals surface area contributed by atoms with Gasteiger partial charge in [-0.3, -0.25) is 29.3 Å². The van der Waals surface area contributed by atoms with Gasteiger partial charge < -0.3 is 14.7 Å². The summed E-state index contributed by atoms with van der Waals surface area (Å²) in [6.45, 7) is -0.606. The Kier molecular flexibility index (Phi) is 11.5. The number of rotatable bonds is 13. The van der Waals surface area contributed by atoms with E-state index >= 15 is 4.79 Å². The van der Waals surface area contributed by atoms with Gasteiger partial charge in [0.15, 0.2) is 5.78 Å². The number of benzene rings is 4. The van der Waals surface area contributed by atoms with Gasteiger partial charge in [-0.25, -0.2) is 14.6 Å². The van der Waals surface area contributed by atoms with Crippen LogP contribution >= 0.6 is 18.6 Å². The molecule has 6 aromatic rings. The second-order valence-corrected chi connectivity index (χ2v) is 19.1. The van der Waals surface area contributed by atoms with Crippen molar-refractivity contribution in [1.29, 1.82) is 0 Å². The second kappa shape index (κ2) is 17.1. The van der Waals surface area contributed by atoms with Crippen molar-refractivity contribution in [2.45, 2.75) is 42.9 Å². The molecule has 0 saturated carbocycles. The highest BCUT2D eigenvalue weighted by Gasteiger charge is 2.59. The lowest BCUT2D eigenvalue weighted by atomic mass is 9.74. The van der Waals surface area contributed by atoms with Gasteiger partial charge in [-0.2, -0.15) is 0 Å². The fourth-order valence-corrected chi connectivity index (χ4v) is 14.0. The third kappa shape index (κ3) is 7.23. The number of β-lactam (4-membered cyclic amide) rings is 1. The van der Waals surface area contributed by atoms with E-state index in [9.17, 15) is 29.6 Å². The lowest BCUT2D eigenvalue weighted by molar-refractivity contribution is -0.384. The number of carbonyl (C=O) groups excluding carboxylic acids is 4. The van der Waals surface area contributed by atoms with Crippen molar-refractivity contribution in [2.24, 2.45) is 11.8 Å². The maximum absolute atomic E-state index is 15.3. The first kappa shape index (κ1) is 41.1. The number of fused-ring (bicyclic) bond motifs is 1. The molecule has 0 spiro atoms. The number of ether oxygens (including phenoxy) is 1. The molecule has 2 aromatic heterocycles. The maximum Gasteiger partial charge on any atom is 0.356 e. The smallest absolute Gasteiger partial charge is 0.356 e. The zero-order valence-electron chi connectivity index (χ0n) is 32.8. The third-order valence-corrected chi connectivity index (χ3v) is 16.7. The number of likely N-dealkylation sites (tertiary alicyclic amines) is 1. The number of carbonyl (C=O) groups is 3. The standard InChI is InChI=1S/C46H38N5O8PS/c1-29(41(54)42-37(26-52)49-28-48-39(45(49)61-42)32-13-12-24-47-25-32)40-38(30(2)53)43(55)50(40)44(46(56)59-27-31-20-22-33(23-21-31)51(57)58)60(34-14-6-3-7-15-34,35-16-8-4-9-17-35)36-18-10-5-11-19-36/h3-25,28-30,38,40,42,53H,27H2,1-2H3/t29-,30-,38-,40-,42?/m1/s1. The van der Waals surface area contributed by atoms with E-state index in [0.29, 0.717) is 37.8 Å². The first-order valence-electron chi connectivity index (χ1n) is 19.4. The van der Waals surface area contributed by atoms with Crippen LogP contribution in [0.5, 0.6) is 0 Å². The quantitative estimate of drug-likeness (QED) is 0.0400. The number of aromatic nitrogens is 3. The van der Waals surface area contributed by atoms with Crippen LogP contribution in [0.3, 0.4) is 0 Å². The molecule has 2 aliphatic heterocycles. The number of hydrogen-bond acceptors (Lipinski definition) is 11. The normalized spacial score (nSPS) is 18.0. The number of hydrogen-bond donors (Lipinski definition) is 1. The van der Waals surface area contributed by atoms with E-state index in [4.69, 9.17) is 4.74 Å². The summed E-state index contributed by atoms with van der Waals surface area (Å²) in [6.07, 6.45) is 3.50. The van der Waals surface area contributed by atoms with E-state index in [1.807, 2.05) is 103 Å². The van der Waals surface area contributed by atoms with Crippen LogP contribution in [0.15, 0.2) is 151 Å². The van der Waals surface area contributed by atoms with Crippen molar-refractivity contribution in [1.82, 2.24) is 19.4 Å². The van der Waals surface area contributed by atoms with Gasteiger partial charge in [-0.15, -0.1) is 0 Å². The molecular formula is C46H38N5O8PS. The van der Waals surface area contributed by atoms with Crippen molar-refractivity contribution < 1.29 is 33.9 Å². The van der Waals surface area contributed by atoms with Crippen molar-refractivity contribution in [3.63, 3.8) is 0 Å². The third-order valence-electron chi connectivity index (χ3n) is 11.1. The summed E-state index contributed by atoms with van der Waals surface area (Å²) in [5.41, 5.74) is 1.58. The Morgan fingerprint density at radius 2 is 1.49 bits per heavy atom. The molecule has 4 heterocycles. The molecule has 0 bridgehead atoms. The Hall–Kier alpha value is -6.69. The van der Waals surface area contributed by atoms with Gasteiger partial charge in [0.05, 0.1) is 23.0 Å². The zero-order chi connectivity index (χ0) is 42.8. The van der Waals surface area contributed by atoms with Gasteiger partial charge >= 0.3 is 5.97 Å². The highest BCUT2D eigenvalue weighted by Crippen LogP contribution is 2.52. The van der Waals surface area contributed by atoms with Gasteiger partial charge in [0.1, 0.15) is 46.0 Å². The summed E-state index contributed by atoms with van der Waals surface area (Å²) in [7, 11) is 0. The van der Waals surface area contributed by atoms with Crippen LogP contribution in [0.2, 0.25) is 0 Å². The van der Waals surface area contributed by atoms with Crippen LogP contribution in [0.1, 0.15) is 19.4 Å². The fourth-order valence-electron chi connectivity index (χ4n) is 8.22. The molecule has 1 fully saturated rings. The molecule has 1 unspecified atom stereocenters. The van der Waals surface area contributed by atoms with Crippen LogP contribution in [0.4, 0.5) is 5.69 Å². The van der Waals surface area contributed by atoms with E-state index in [2.05, 4.69) is 9.97 Å². The van der Waals surface area contributed by atoms with Crippen LogP contribution in [0, 0.1) is 22.0 Å². The second-order valence-electron chi connectivity index (χ2n) is 14.7. The topological polar surface area (TPSA) is 175 Å². The Morgan fingerprint density at radius 3 is 2.00 bits per heavy atom. The Balaban J connectivity index is 1.31. The molecule has 306 valence electrons. The molecule has 0 radical (unpaired) electrons. The minimum Gasteiger partial charge on any atom is -0.456 e. The average Bonchev–Trinajstić information content (AvgIpc) is 3.87. The lowest BCUT2D eigenvalue weighted by Gasteiger charge is -2.53. The molecule has 4 aromatic carbocycles. The summed E-state index contributed by atoms with van der Waals surface area (Å²) in [6, 6.07) is 36.2. The molecule has 1 amide bonds. The Bertz CT molecular complexity index is 2640. The van der Waals surface area contributed by atoms with E-state index in [1.54, 1.807) is 25.4 Å². The van der Waals surface area contributed by atoms with Crippen LogP contribution in [-0.4, -0.2) is 75.9 Å². The van der Waals surface area contributed by atoms with E-state index < -0.39 is 58.7 Å². The van der Waals surface area contributed by atoms with Crippen LogP contribution < -0.4 is 15.9 Å².